The number of anilines is 1. The Kier molecular flexibility index (Phi) is 10.3. The number of thioether (sulfide) groups is 1. The van der Waals surface area contributed by atoms with Gasteiger partial charge in [0.05, 0.1) is 6.04 Å². The van der Waals surface area contributed by atoms with E-state index in [0.717, 1.165) is 5.17 Å². The number of aliphatic imine (C=N–C) groups is 1. The van der Waals surface area contributed by atoms with E-state index in [2.05, 4.69) is 47.0 Å². The molecule has 3 heterocycles. The monoisotopic (exact) mass is 443 g/mol. The molecule has 0 aliphatic carbocycles. The summed E-state index contributed by atoms with van der Waals surface area (Å²) in [6.45, 7) is 12.0. The summed E-state index contributed by atoms with van der Waals surface area (Å²) in [4.78, 5) is 24.6. The lowest BCUT2D eigenvalue weighted by atomic mass is 9.91. The summed E-state index contributed by atoms with van der Waals surface area (Å²) < 4.78 is 5.55. The second-order valence-corrected chi connectivity index (χ2v) is 9.63. The third kappa shape index (κ3) is 8.85. The molecule has 1 aliphatic rings. The SMILES string of the molecule is C#C.C[C@@H]1CC[C@H](C)N=C(N)S1.Cc1nc(C(=O)Nc2ccncc2)c(C(C)(C)C)o1. The number of nitrogens with zero attached hydrogens (tertiary/aromatic N) is 3. The predicted molar refractivity (Wildman–Crippen MR) is 129 cm³/mol. The zero-order chi connectivity index (χ0) is 23.6. The average Bonchev–Trinajstić information content (AvgIpc) is 3.05. The van der Waals surface area contributed by atoms with Gasteiger partial charge in [-0.25, -0.2) is 4.98 Å². The summed E-state index contributed by atoms with van der Waals surface area (Å²) in [5.41, 5.74) is 6.37. The first-order valence-corrected chi connectivity index (χ1v) is 11.0. The minimum Gasteiger partial charge on any atom is -0.445 e. The lowest BCUT2D eigenvalue weighted by Crippen LogP contribution is -2.20. The van der Waals surface area contributed by atoms with E-state index in [1.165, 1.54) is 12.8 Å². The van der Waals surface area contributed by atoms with Gasteiger partial charge in [-0.2, -0.15) is 0 Å². The van der Waals surface area contributed by atoms with E-state index >= 15 is 0 Å². The minimum atomic E-state index is -0.272. The number of aryl methyl sites for hydroxylation is 1. The van der Waals surface area contributed by atoms with Crippen molar-refractivity contribution in [3.63, 3.8) is 0 Å². The summed E-state index contributed by atoms with van der Waals surface area (Å²) in [5, 5.41) is 4.19. The molecular formula is C23H33N5O2S. The Balaban J connectivity index is 0.000000337. The van der Waals surface area contributed by atoms with E-state index in [1.807, 2.05) is 20.8 Å². The number of carbonyl (C=O) groups is 1. The van der Waals surface area contributed by atoms with Gasteiger partial charge in [-0.15, -0.1) is 12.8 Å². The third-order valence-corrected chi connectivity index (χ3v) is 5.21. The molecule has 168 valence electrons. The fourth-order valence-electron chi connectivity index (χ4n) is 2.77. The van der Waals surface area contributed by atoms with Gasteiger partial charge in [0.2, 0.25) is 0 Å². The van der Waals surface area contributed by atoms with Gasteiger partial charge in [-0.3, -0.25) is 14.8 Å². The first-order valence-electron chi connectivity index (χ1n) is 10.1. The number of hydrogen-bond donors (Lipinski definition) is 2. The molecular weight excluding hydrogens is 410 g/mol. The van der Waals surface area contributed by atoms with Crippen LogP contribution < -0.4 is 11.1 Å². The van der Waals surface area contributed by atoms with Gasteiger partial charge in [0.1, 0.15) is 5.76 Å². The number of oxazole rings is 1. The maximum absolute atomic E-state index is 12.2. The summed E-state index contributed by atoms with van der Waals surface area (Å²) in [5.74, 6) is 0.814. The molecule has 3 rings (SSSR count). The molecule has 1 amide bonds. The Hall–Kier alpha value is -2.79. The molecule has 3 N–H and O–H groups in total. The molecule has 0 saturated carbocycles. The van der Waals surface area contributed by atoms with Crippen LogP contribution in [0.3, 0.4) is 0 Å². The summed E-state index contributed by atoms with van der Waals surface area (Å²) >= 11 is 1.69. The number of nitrogens with two attached hydrogens (primary N) is 1. The first-order chi connectivity index (χ1) is 14.6. The molecule has 2 aromatic rings. The van der Waals surface area contributed by atoms with Gasteiger partial charge in [-0.1, -0.05) is 39.5 Å². The van der Waals surface area contributed by atoms with Crippen molar-refractivity contribution in [2.24, 2.45) is 10.7 Å². The molecule has 2 aromatic heterocycles. The van der Waals surface area contributed by atoms with Crippen molar-refractivity contribution in [3.8, 4) is 12.8 Å². The topological polar surface area (TPSA) is 106 Å². The van der Waals surface area contributed by atoms with Crippen LogP contribution in [-0.2, 0) is 5.41 Å². The number of amides is 1. The minimum absolute atomic E-state index is 0.270. The molecule has 0 unspecified atom stereocenters. The van der Waals surface area contributed by atoms with Crippen LogP contribution in [0.5, 0.6) is 0 Å². The zero-order valence-electron chi connectivity index (χ0n) is 19.2. The van der Waals surface area contributed by atoms with Crippen LogP contribution in [0, 0.1) is 19.8 Å². The Morgan fingerprint density at radius 1 is 1.23 bits per heavy atom. The number of nitrogens with one attached hydrogen (secondary N) is 1. The molecule has 7 nitrogen and oxygen atoms in total. The van der Waals surface area contributed by atoms with Crippen molar-refractivity contribution in [1.82, 2.24) is 9.97 Å². The number of pyridine rings is 1. The molecule has 0 aromatic carbocycles. The van der Waals surface area contributed by atoms with Crippen LogP contribution in [0.15, 0.2) is 33.9 Å². The van der Waals surface area contributed by atoms with Crippen LogP contribution in [0.25, 0.3) is 0 Å². The Morgan fingerprint density at radius 3 is 2.42 bits per heavy atom. The number of aromatic nitrogens is 2. The van der Waals surface area contributed by atoms with E-state index in [9.17, 15) is 4.79 Å². The lowest BCUT2D eigenvalue weighted by Gasteiger charge is -2.15. The quantitative estimate of drug-likeness (QED) is 0.647. The van der Waals surface area contributed by atoms with E-state index in [0.29, 0.717) is 34.3 Å². The Bertz CT molecular complexity index is 884. The third-order valence-electron chi connectivity index (χ3n) is 4.23. The standard InChI is InChI=1S/C14H17N3O2.C7H14N2S.C2H2/c1-9-16-11(12(19-9)14(2,3)4)13(18)17-10-5-7-15-8-6-10;1-5-3-4-6(2)10-7(8)9-5;1-2/h5-8H,1-4H3,(H,15,17,18);5-6H,3-4H2,1-2H3,(H2,8,9);1-2H/t;5-,6+;/m.0./s1. The van der Waals surface area contributed by atoms with Gasteiger partial charge < -0.3 is 15.5 Å². The first kappa shape index (κ1) is 26.2. The fraction of sp³-hybridized carbons (Fsp3) is 0.478. The highest BCUT2D eigenvalue weighted by molar-refractivity contribution is 8.14. The lowest BCUT2D eigenvalue weighted by molar-refractivity contribution is 0.101. The summed E-state index contributed by atoms with van der Waals surface area (Å²) in [6, 6.07) is 3.88. The molecule has 0 fully saturated rings. The Labute approximate surface area is 189 Å². The summed E-state index contributed by atoms with van der Waals surface area (Å²) in [7, 11) is 0. The molecule has 8 heteroatoms. The van der Waals surface area contributed by atoms with E-state index < -0.39 is 0 Å². The molecule has 2 atom stereocenters. The van der Waals surface area contributed by atoms with Crippen LogP contribution in [0.4, 0.5) is 5.69 Å². The van der Waals surface area contributed by atoms with Crippen LogP contribution in [-0.4, -0.2) is 32.3 Å². The average molecular weight is 444 g/mol. The van der Waals surface area contributed by atoms with Crippen molar-refractivity contribution in [3.05, 3.63) is 41.9 Å². The maximum Gasteiger partial charge on any atom is 0.277 e. The second kappa shape index (κ2) is 12.2. The van der Waals surface area contributed by atoms with Gasteiger partial charge >= 0.3 is 0 Å². The molecule has 0 saturated heterocycles. The summed E-state index contributed by atoms with van der Waals surface area (Å²) in [6.07, 6.45) is 13.6. The normalized spacial score (nSPS) is 18.3. The number of terminal acetylenes is 1. The second-order valence-electron chi connectivity index (χ2n) is 8.17. The van der Waals surface area contributed by atoms with E-state index in [-0.39, 0.29) is 11.3 Å². The van der Waals surface area contributed by atoms with Gasteiger partial charge in [0.25, 0.3) is 5.91 Å². The highest BCUT2D eigenvalue weighted by Crippen LogP contribution is 2.27. The maximum atomic E-state index is 12.2. The number of carbonyl (C=O) groups excluding carboxylic acids is 1. The molecule has 0 spiro atoms. The van der Waals surface area contributed by atoms with Gasteiger partial charge in [-0.05, 0) is 31.9 Å². The van der Waals surface area contributed by atoms with Crippen LogP contribution in [0.2, 0.25) is 0 Å². The van der Waals surface area contributed by atoms with Gasteiger partial charge in [0.15, 0.2) is 16.8 Å². The number of amidine groups is 1. The highest BCUT2D eigenvalue weighted by Gasteiger charge is 2.28. The molecule has 0 radical (unpaired) electrons. The van der Waals surface area contributed by atoms with Crippen LogP contribution >= 0.6 is 11.8 Å². The van der Waals surface area contributed by atoms with E-state index in [1.54, 1.807) is 43.2 Å². The molecule has 1 aliphatic heterocycles. The largest absolute Gasteiger partial charge is 0.445 e. The van der Waals surface area contributed by atoms with Gasteiger partial charge in [0, 0.05) is 35.7 Å². The van der Waals surface area contributed by atoms with Crippen molar-refractivity contribution in [2.75, 3.05) is 5.32 Å². The number of rotatable bonds is 2. The Morgan fingerprint density at radius 2 is 1.84 bits per heavy atom. The molecule has 31 heavy (non-hydrogen) atoms. The van der Waals surface area contributed by atoms with Crippen molar-refractivity contribution in [1.29, 1.82) is 0 Å². The van der Waals surface area contributed by atoms with E-state index in [4.69, 9.17) is 10.2 Å². The number of hydrogen-bond acceptors (Lipinski definition) is 7. The van der Waals surface area contributed by atoms with Crippen molar-refractivity contribution >= 4 is 28.5 Å². The van der Waals surface area contributed by atoms with Crippen molar-refractivity contribution < 1.29 is 9.21 Å². The fourth-order valence-corrected chi connectivity index (χ4v) is 3.67. The predicted octanol–water partition coefficient (Wildman–Crippen LogP) is 4.78. The smallest absolute Gasteiger partial charge is 0.277 e. The molecule has 0 bridgehead atoms. The van der Waals surface area contributed by atoms with Crippen molar-refractivity contribution in [2.45, 2.75) is 71.1 Å². The van der Waals surface area contributed by atoms with Crippen LogP contribution in [0.1, 0.15) is 69.6 Å². The highest BCUT2D eigenvalue weighted by atomic mass is 32.2. The zero-order valence-corrected chi connectivity index (χ0v) is 20.0.